The van der Waals surface area contributed by atoms with E-state index < -0.39 is 0 Å². The Morgan fingerprint density at radius 1 is 1.21 bits per heavy atom. The number of aromatic nitrogens is 3. The molecule has 146 valence electrons. The first kappa shape index (κ1) is 20.2. The van der Waals surface area contributed by atoms with Crippen molar-refractivity contribution in [3.8, 4) is 11.4 Å². The zero-order valence-corrected chi connectivity index (χ0v) is 17.5. The van der Waals surface area contributed by atoms with Gasteiger partial charge in [0.2, 0.25) is 5.91 Å². The van der Waals surface area contributed by atoms with E-state index in [1.54, 1.807) is 19.1 Å². The molecular formula is C20H21ClN4O2S. The summed E-state index contributed by atoms with van der Waals surface area (Å²) in [4.78, 5) is 14.2. The summed E-state index contributed by atoms with van der Waals surface area (Å²) in [5, 5.41) is 9.71. The van der Waals surface area contributed by atoms with Crippen LogP contribution in [0, 0.1) is 6.92 Å². The van der Waals surface area contributed by atoms with Gasteiger partial charge in [-0.2, -0.15) is 0 Å². The van der Waals surface area contributed by atoms with Crippen molar-refractivity contribution in [2.75, 3.05) is 19.9 Å². The van der Waals surface area contributed by atoms with Gasteiger partial charge in [-0.3, -0.25) is 9.36 Å². The third-order valence-corrected chi connectivity index (χ3v) is 5.33. The van der Waals surface area contributed by atoms with E-state index in [9.17, 15) is 4.79 Å². The van der Waals surface area contributed by atoms with Gasteiger partial charge in [0.05, 0.1) is 12.9 Å². The molecule has 3 rings (SSSR count). The standard InChI is InChI=1S/C20H21ClN4O2S/c1-14-22-23-20(25(14)17-7-9-18(27-3)10-8-17)28-13-19(26)24(2)12-15-5-4-6-16(21)11-15/h4-11H,12-13H2,1-3H3. The Labute approximate surface area is 173 Å². The van der Waals surface area contributed by atoms with E-state index >= 15 is 0 Å². The molecule has 6 nitrogen and oxygen atoms in total. The maximum atomic E-state index is 12.5. The van der Waals surface area contributed by atoms with Crippen molar-refractivity contribution in [3.05, 3.63) is 64.9 Å². The molecule has 1 heterocycles. The van der Waals surface area contributed by atoms with Crippen LogP contribution in [0.4, 0.5) is 0 Å². The molecule has 1 aromatic heterocycles. The van der Waals surface area contributed by atoms with Crippen molar-refractivity contribution in [3.63, 3.8) is 0 Å². The lowest BCUT2D eigenvalue weighted by Crippen LogP contribution is -2.27. The van der Waals surface area contributed by atoms with Gasteiger partial charge in [0.25, 0.3) is 0 Å². The predicted octanol–water partition coefficient (Wildman–Crippen LogP) is 3.99. The maximum Gasteiger partial charge on any atom is 0.233 e. The van der Waals surface area contributed by atoms with Crippen LogP contribution in [-0.2, 0) is 11.3 Å². The molecule has 0 aliphatic rings. The summed E-state index contributed by atoms with van der Waals surface area (Å²) in [6.45, 7) is 2.39. The molecule has 0 atom stereocenters. The van der Waals surface area contributed by atoms with Crippen LogP contribution >= 0.6 is 23.4 Å². The lowest BCUT2D eigenvalue weighted by molar-refractivity contribution is -0.127. The number of benzene rings is 2. The second-order valence-corrected chi connectivity index (χ2v) is 7.61. The average molecular weight is 417 g/mol. The van der Waals surface area contributed by atoms with Crippen LogP contribution in [0.3, 0.4) is 0 Å². The monoisotopic (exact) mass is 416 g/mol. The van der Waals surface area contributed by atoms with E-state index in [4.69, 9.17) is 16.3 Å². The lowest BCUT2D eigenvalue weighted by atomic mass is 10.2. The predicted molar refractivity (Wildman–Crippen MR) is 111 cm³/mol. The largest absolute Gasteiger partial charge is 0.497 e. The second kappa shape index (κ2) is 9.12. The molecule has 0 aliphatic heterocycles. The summed E-state index contributed by atoms with van der Waals surface area (Å²) in [7, 11) is 3.41. The van der Waals surface area contributed by atoms with Gasteiger partial charge in [-0.1, -0.05) is 35.5 Å². The van der Waals surface area contributed by atoms with Gasteiger partial charge in [0.1, 0.15) is 11.6 Å². The molecule has 0 fully saturated rings. The molecule has 0 radical (unpaired) electrons. The van der Waals surface area contributed by atoms with Gasteiger partial charge in [-0.25, -0.2) is 0 Å². The van der Waals surface area contributed by atoms with Crippen molar-refractivity contribution < 1.29 is 9.53 Å². The van der Waals surface area contributed by atoms with E-state index in [0.29, 0.717) is 16.7 Å². The van der Waals surface area contributed by atoms with Crippen molar-refractivity contribution in [2.24, 2.45) is 0 Å². The molecule has 1 amide bonds. The Morgan fingerprint density at radius 2 is 1.96 bits per heavy atom. The van der Waals surface area contributed by atoms with Crippen LogP contribution in [0.2, 0.25) is 5.02 Å². The number of halogens is 1. The fourth-order valence-corrected chi connectivity index (χ4v) is 3.85. The molecular weight excluding hydrogens is 396 g/mol. The minimum absolute atomic E-state index is 0.00640. The van der Waals surface area contributed by atoms with Crippen LogP contribution in [0.5, 0.6) is 5.75 Å². The summed E-state index contributed by atoms with van der Waals surface area (Å²) in [5.74, 6) is 1.81. The topological polar surface area (TPSA) is 60.2 Å². The van der Waals surface area contributed by atoms with Gasteiger partial charge in [-0.05, 0) is 48.9 Å². The average Bonchev–Trinajstić information content (AvgIpc) is 3.06. The highest BCUT2D eigenvalue weighted by Gasteiger charge is 2.16. The SMILES string of the molecule is COc1ccc(-n2c(C)nnc2SCC(=O)N(C)Cc2cccc(Cl)c2)cc1. The third-order valence-electron chi connectivity index (χ3n) is 4.19. The smallest absolute Gasteiger partial charge is 0.233 e. The van der Waals surface area contributed by atoms with Crippen LogP contribution in [0.15, 0.2) is 53.7 Å². The number of hydrogen-bond acceptors (Lipinski definition) is 5. The van der Waals surface area contributed by atoms with Crippen LogP contribution < -0.4 is 4.74 Å². The van der Waals surface area contributed by atoms with E-state index in [0.717, 1.165) is 22.8 Å². The fourth-order valence-electron chi connectivity index (χ4n) is 2.70. The molecule has 28 heavy (non-hydrogen) atoms. The van der Waals surface area contributed by atoms with Crippen molar-refractivity contribution >= 4 is 29.3 Å². The van der Waals surface area contributed by atoms with Crippen LogP contribution in [-0.4, -0.2) is 45.5 Å². The molecule has 0 saturated heterocycles. The highest BCUT2D eigenvalue weighted by atomic mass is 35.5. The zero-order chi connectivity index (χ0) is 20.1. The number of rotatable bonds is 7. The molecule has 0 N–H and O–H groups in total. The first-order valence-electron chi connectivity index (χ1n) is 8.65. The Kier molecular flexibility index (Phi) is 6.59. The first-order valence-corrected chi connectivity index (χ1v) is 10.0. The van der Waals surface area contributed by atoms with Gasteiger partial charge < -0.3 is 9.64 Å². The highest BCUT2D eigenvalue weighted by molar-refractivity contribution is 7.99. The lowest BCUT2D eigenvalue weighted by Gasteiger charge is -2.17. The number of nitrogens with zero attached hydrogens (tertiary/aromatic N) is 4. The number of hydrogen-bond donors (Lipinski definition) is 0. The summed E-state index contributed by atoms with van der Waals surface area (Å²) < 4.78 is 7.13. The summed E-state index contributed by atoms with van der Waals surface area (Å²) in [5.41, 5.74) is 1.91. The molecule has 3 aromatic rings. The zero-order valence-electron chi connectivity index (χ0n) is 15.9. The Bertz CT molecular complexity index is 959. The number of thioether (sulfide) groups is 1. The van der Waals surface area contributed by atoms with Gasteiger partial charge in [0.15, 0.2) is 5.16 Å². The number of ether oxygens (including phenoxy) is 1. The molecule has 0 bridgehead atoms. The third kappa shape index (κ3) is 4.85. The number of carbonyl (C=O) groups is 1. The normalized spacial score (nSPS) is 10.7. The molecule has 2 aromatic carbocycles. The maximum absolute atomic E-state index is 12.5. The minimum Gasteiger partial charge on any atom is -0.497 e. The molecule has 0 aliphatic carbocycles. The van der Waals surface area contributed by atoms with Gasteiger partial charge in [-0.15, -0.1) is 10.2 Å². The van der Waals surface area contributed by atoms with E-state index in [1.807, 2.05) is 60.0 Å². The van der Waals surface area contributed by atoms with E-state index in [2.05, 4.69) is 10.2 Å². The fraction of sp³-hybridized carbons (Fsp3) is 0.250. The van der Waals surface area contributed by atoms with Crippen molar-refractivity contribution in [1.82, 2.24) is 19.7 Å². The minimum atomic E-state index is 0.00640. The Morgan fingerprint density at radius 3 is 2.64 bits per heavy atom. The molecule has 0 spiro atoms. The van der Waals surface area contributed by atoms with Gasteiger partial charge >= 0.3 is 0 Å². The number of aryl methyl sites for hydroxylation is 1. The van der Waals surface area contributed by atoms with E-state index in [-0.39, 0.29) is 11.7 Å². The molecule has 0 saturated carbocycles. The molecule has 8 heteroatoms. The number of amides is 1. The quantitative estimate of drug-likeness (QED) is 0.545. The summed E-state index contributed by atoms with van der Waals surface area (Å²) >= 11 is 7.38. The van der Waals surface area contributed by atoms with Crippen LogP contribution in [0.25, 0.3) is 5.69 Å². The van der Waals surface area contributed by atoms with E-state index in [1.165, 1.54) is 11.8 Å². The second-order valence-electron chi connectivity index (χ2n) is 6.23. The van der Waals surface area contributed by atoms with Crippen LogP contribution in [0.1, 0.15) is 11.4 Å². The highest BCUT2D eigenvalue weighted by Crippen LogP contribution is 2.24. The number of carbonyl (C=O) groups excluding carboxylic acids is 1. The summed E-state index contributed by atoms with van der Waals surface area (Å²) in [6.07, 6.45) is 0. The Balaban J connectivity index is 1.66. The van der Waals surface area contributed by atoms with Gasteiger partial charge in [0, 0.05) is 24.3 Å². The first-order chi connectivity index (χ1) is 13.5. The molecule has 0 unspecified atom stereocenters. The Hall–Kier alpha value is -2.51. The van der Waals surface area contributed by atoms with Crippen molar-refractivity contribution in [2.45, 2.75) is 18.6 Å². The summed E-state index contributed by atoms with van der Waals surface area (Å²) in [6, 6.07) is 15.1. The van der Waals surface area contributed by atoms with Crippen molar-refractivity contribution in [1.29, 1.82) is 0 Å². The number of methoxy groups -OCH3 is 1.